The Morgan fingerprint density at radius 3 is 2.52 bits per heavy atom. The molecule has 0 fully saturated rings. The van der Waals surface area contributed by atoms with Crippen LogP contribution in [0.15, 0.2) is 53.4 Å². The number of hydrogen-bond acceptors (Lipinski definition) is 5. The molecule has 3 aromatic rings. The van der Waals surface area contributed by atoms with Crippen LogP contribution >= 0.6 is 0 Å². The van der Waals surface area contributed by atoms with E-state index in [0.717, 1.165) is 22.9 Å². The van der Waals surface area contributed by atoms with Crippen molar-refractivity contribution in [3.63, 3.8) is 0 Å². The maximum Gasteiger partial charge on any atom is 0.242 e. The van der Waals surface area contributed by atoms with Gasteiger partial charge in [-0.1, -0.05) is 29.5 Å². The van der Waals surface area contributed by atoms with Crippen LogP contribution in [0.1, 0.15) is 18.5 Å². The second-order valence-electron chi connectivity index (χ2n) is 5.87. The third-order valence-electron chi connectivity index (χ3n) is 3.90. The van der Waals surface area contributed by atoms with E-state index in [1.807, 2.05) is 31.2 Å². The molecule has 2 aromatic carbocycles. The minimum Gasteiger partial charge on any atom is -0.348 e. The Labute approximate surface area is 145 Å². The fourth-order valence-electron chi connectivity index (χ4n) is 2.54. The summed E-state index contributed by atoms with van der Waals surface area (Å²) in [5, 5.41) is 10.9. The van der Waals surface area contributed by atoms with Gasteiger partial charge in [0.15, 0.2) is 9.84 Å². The van der Waals surface area contributed by atoms with Crippen molar-refractivity contribution in [1.29, 1.82) is 0 Å². The summed E-state index contributed by atoms with van der Waals surface area (Å²) in [7, 11) is -3.23. The number of carbonyl (C=O) groups excluding carboxylic acids is 1. The topological polar surface area (TPSA) is 93.9 Å². The van der Waals surface area contributed by atoms with Crippen LogP contribution in [0.3, 0.4) is 0 Å². The molecule has 25 heavy (non-hydrogen) atoms. The van der Waals surface area contributed by atoms with Gasteiger partial charge >= 0.3 is 0 Å². The first kappa shape index (κ1) is 17.1. The van der Waals surface area contributed by atoms with Gasteiger partial charge in [0, 0.05) is 6.26 Å². The highest BCUT2D eigenvalue weighted by atomic mass is 32.2. The standard InChI is InChI=1S/C17H18N4O3S/c1-12(13-7-9-14(10-8-13)25(2,23)24)18-17(22)11-21-16-6-4-3-5-15(16)19-20-21/h3-10,12H,11H2,1-2H3,(H,18,22)/t12-/m1/s1. The van der Waals surface area contributed by atoms with Crippen molar-refractivity contribution in [3.05, 3.63) is 54.1 Å². The lowest BCUT2D eigenvalue weighted by Crippen LogP contribution is -2.30. The fourth-order valence-corrected chi connectivity index (χ4v) is 3.17. The highest BCUT2D eigenvalue weighted by molar-refractivity contribution is 7.90. The zero-order chi connectivity index (χ0) is 18.0. The lowest BCUT2D eigenvalue weighted by Gasteiger charge is -2.15. The van der Waals surface area contributed by atoms with Gasteiger partial charge in [0.1, 0.15) is 12.1 Å². The van der Waals surface area contributed by atoms with Crippen molar-refractivity contribution >= 4 is 26.8 Å². The molecule has 0 saturated heterocycles. The first-order valence-corrected chi connectivity index (χ1v) is 9.61. The first-order chi connectivity index (χ1) is 11.8. The molecule has 0 saturated carbocycles. The molecule has 0 unspecified atom stereocenters. The van der Waals surface area contributed by atoms with Gasteiger partial charge in [-0.15, -0.1) is 5.10 Å². The van der Waals surface area contributed by atoms with Crippen LogP contribution in [-0.2, 0) is 21.2 Å². The van der Waals surface area contributed by atoms with Crippen LogP contribution in [-0.4, -0.2) is 35.6 Å². The number of carbonyl (C=O) groups is 1. The first-order valence-electron chi connectivity index (χ1n) is 7.72. The minimum atomic E-state index is -3.23. The maximum atomic E-state index is 12.3. The summed E-state index contributed by atoms with van der Waals surface area (Å²) < 4.78 is 24.5. The molecule has 1 atom stereocenters. The smallest absolute Gasteiger partial charge is 0.242 e. The van der Waals surface area contributed by atoms with E-state index in [2.05, 4.69) is 15.6 Å². The van der Waals surface area contributed by atoms with E-state index in [-0.39, 0.29) is 23.4 Å². The van der Waals surface area contributed by atoms with Crippen molar-refractivity contribution < 1.29 is 13.2 Å². The van der Waals surface area contributed by atoms with Crippen LogP contribution in [0.2, 0.25) is 0 Å². The van der Waals surface area contributed by atoms with Crippen molar-refractivity contribution in [1.82, 2.24) is 20.3 Å². The zero-order valence-electron chi connectivity index (χ0n) is 13.9. The largest absolute Gasteiger partial charge is 0.348 e. The van der Waals surface area contributed by atoms with Gasteiger partial charge in [-0.3, -0.25) is 4.79 Å². The van der Waals surface area contributed by atoms with E-state index in [1.165, 1.54) is 12.1 Å². The minimum absolute atomic E-state index is 0.0618. The SMILES string of the molecule is C[C@@H](NC(=O)Cn1nnc2ccccc21)c1ccc(S(C)(=O)=O)cc1. The van der Waals surface area contributed by atoms with Gasteiger partial charge in [-0.2, -0.15) is 0 Å². The predicted octanol–water partition coefficient (Wildman–Crippen LogP) is 1.71. The molecular formula is C17H18N4O3S. The zero-order valence-corrected chi connectivity index (χ0v) is 14.7. The normalized spacial score (nSPS) is 12.9. The van der Waals surface area contributed by atoms with Crippen LogP contribution in [0.4, 0.5) is 0 Å². The molecule has 1 amide bonds. The summed E-state index contributed by atoms with van der Waals surface area (Å²) >= 11 is 0. The van der Waals surface area contributed by atoms with Gasteiger partial charge < -0.3 is 5.32 Å². The third-order valence-corrected chi connectivity index (χ3v) is 5.03. The summed E-state index contributed by atoms with van der Waals surface area (Å²) in [6.45, 7) is 1.90. The Balaban J connectivity index is 1.68. The number of amides is 1. The number of nitrogens with one attached hydrogen (secondary N) is 1. The van der Waals surface area contributed by atoms with Gasteiger partial charge in [0.05, 0.1) is 16.5 Å². The average Bonchev–Trinajstić information content (AvgIpc) is 2.97. The number of para-hydroxylation sites is 1. The van der Waals surface area contributed by atoms with Gasteiger partial charge in [-0.05, 0) is 36.8 Å². The summed E-state index contributed by atoms with van der Waals surface area (Å²) in [5.41, 5.74) is 2.35. The van der Waals surface area contributed by atoms with Crippen LogP contribution < -0.4 is 5.32 Å². The number of hydrogen-bond donors (Lipinski definition) is 1. The average molecular weight is 358 g/mol. The van der Waals surface area contributed by atoms with Crippen molar-refractivity contribution in [2.45, 2.75) is 24.4 Å². The highest BCUT2D eigenvalue weighted by Gasteiger charge is 2.13. The molecule has 0 aliphatic carbocycles. The highest BCUT2D eigenvalue weighted by Crippen LogP contribution is 2.16. The lowest BCUT2D eigenvalue weighted by molar-refractivity contribution is -0.122. The van der Waals surface area contributed by atoms with E-state index in [9.17, 15) is 13.2 Å². The van der Waals surface area contributed by atoms with E-state index in [4.69, 9.17) is 0 Å². The van der Waals surface area contributed by atoms with Crippen LogP contribution in [0, 0.1) is 0 Å². The monoisotopic (exact) mass is 358 g/mol. The Hall–Kier alpha value is -2.74. The number of benzene rings is 2. The molecule has 0 bridgehead atoms. The van der Waals surface area contributed by atoms with Crippen LogP contribution in [0.5, 0.6) is 0 Å². The molecule has 8 heteroatoms. The summed E-state index contributed by atoms with van der Waals surface area (Å²) in [6, 6.07) is 13.7. The molecular weight excluding hydrogens is 340 g/mol. The van der Waals surface area contributed by atoms with E-state index in [1.54, 1.807) is 16.8 Å². The van der Waals surface area contributed by atoms with E-state index < -0.39 is 9.84 Å². The van der Waals surface area contributed by atoms with Crippen molar-refractivity contribution in [2.24, 2.45) is 0 Å². The molecule has 7 nitrogen and oxygen atoms in total. The van der Waals surface area contributed by atoms with Gasteiger partial charge in [-0.25, -0.2) is 13.1 Å². The van der Waals surface area contributed by atoms with Crippen molar-refractivity contribution in [2.75, 3.05) is 6.26 Å². The molecule has 0 radical (unpaired) electrons. The molecule has 3 rings (SSSR count). The molecule has 1 aromatic heterocycles. The Morgan fingerprint density at radius 2 is 1.84 bits per heavy atom. The van der Waals surface area contributed by atoms with Gasteiger partial charge in [0.2, 0.25) is 5.91 Å². The Bertz CT molecular complexity index is 1010. The molecule has 0 spiro atoms. The number of aromatic nitrogens is 3. The molecule has 0 aliphatic rings. The molecule has 0 aliphatic heterocycles. The Morgan fingerprint density at radius 1 is 1.16 bits per heavy atom. The molecule has 130 valence electrons. The number of fused-ring (bicyclic) bond motifs is 1. The summed E-state index contributed by atoms with van der Waals surface area (Å²) in [5.74, 6) is -0.199. The number of sulfone groups is 1. The third kappa shape index (κ3) is 3.85. The fraction of sp³-hybridized carbons (Fsp3) is 0.235. The second kappa shape index (κ2) is 6.64. The predicted molar refractivity (Wildman–Crippen MR) is 93.6 cm³/mol. The van der Waals surface area contributed by atoms with Crippen molar-refractivity contribution in [3.8, 4) is 0 Å². The Kier molecular flexibility index (Phi) is 4.54. The summed E-state index contributed by atoms with van der Waals surface area (Å²) in [4.78, 5) is 12.5. The van der Waals surface area contributed by atoms with E-state index >= 15 is 0 Å². The molecule has 1 heterocycles. The van der Waals surface area contributed by atoms with Crippen LogP contribution in [0.25, 0.3) is 11.0 Å². The second-order valence-corrected chi connectivity index (χ2v) is 7.88. The maximum absolute atomic E-state index is 12.3. The quantitative estimate of drug-likeness (QED) is 0.749. The number of rotatable bonds is 5. The van der Waals surface area contributed by atoms with E-state index in [0.29, 0.717) is 0 Å². The molecule has 1 N–H and O–H groups in total. The number of nitrogens with zero attached hydrogens (tertiary/aromatic N) is 3. The summed E-state index contributed by atoms with van der Waals surface area (Å²) in [6.07, 6.45) is 1.16. The lowest BCUT2D eigenvalue weighted by atomic mass is 10.1. The van der Waals surface area contributed by atoms with Gasteiger partial charge in [0.25, 0.3) is 0 Å².